The lowest BCUT2D eigenvalue weighted by molar-refractivity contribution is -0.157. The van der Waals surface area contributed by atoms with Crippen molar-refractivity contribution in [1.82, 2.24) is 14.7 Å². The number of ether oxygens (including phenoxy) is 6. The van der Waals surface area contributed by atoms with E-state index in [1.807, 2.05) is 7.05 Å². The van der Waals surface area contributed by atoms with Crippen LogP contribution in [-0.2, 0) is 57.2 Å². The van der Waals surface area contributed by atoms with E-state index in [9.17, 15) is 33.6 Å². The van der Waals surface area contributed by atoms with Gasteiger partial charge in [0.1, 0.15) is 12.7 Å². The third-order valence-corrected chi connectivity index (χ3v) is 13.9. The second kappa shape index (κ2) is 42.3. The molecule has 0 aliphatic carbocycles. The van der Waals surface area contributed by atoms with Crippen molar-refractivity contribution >= 4 is 41.8 Å². The Hall–Kier alpha value is -3.95. The SMILES string of the molecule is CCCCCCCCC(=O)OCC(COC(=O)CCCCCCCC)CC(=O)OC[C@@H]1C[C@@H](OC(=O)CC(COC(=O)CCCCCCCC)COC(=O)CCCCCCCC)CN1C(=O)N1CCN(C)CC1. The molecule has 0 aromatic rings. The van der Waals surface area contributed by atoms with Gasteiger partial charge in [-0.2, -0.15) is 0 Å². The fraction of sp³-hybridized carbons (Fsp3) is 0.877. The van der Waals surface area contributed by atoms with Crippen LogP contribution in [0.2, 0.25) is 0 Å². The summed E-state index contributed by atoms with van der Waals surface area (Å²) in [5.41, 5.74) is 0. The number of nitrogens with zero attached hydrogens (tertiary/aromatic N) is 3. The maximum atomic E-state index is 14.1. The van der Waals surface area contributed by atoms with E-state index in [1.54, 1.807) is 9.80 Å². The average Bonchev–Trinajstić information content (AvgIpc) is 3.78. The summed E-state index contributed by atoms with van der Waals surface area (Å²) in [7, 11) is 2.00. The van der Waals surface area contributed by atoms with Crippen molar-refractivity contribution in [2.45, 2.75) is 239 Å². The fourth-order valence-corrected chi connectivity index (χ4v) is 9.15. The number of piperazine rings is 1. The van der Waals surface area contributed by atoms with Gasteiger partial charge in [0, 0.05) is 70.1 Å². The van der Waals surface area contributed by atoms with Crippen LogP contribution in [0.25, 0.3) is 0 Å². The molecule has 2 heterocycles. The molecule has 2 fully saturated rings. The van der Waals surface area contributed by atoms with Crippen LogP contribution in [0.5, 0.6) is 0 Å². The van der Waals surface area contributed by atoms with Crippen molar-refractivity contribution in [1.29, 1.82) is 0 Å². The molecule has 0 aromatic heterocycles. The number of urea groups is 1. The number of carbonyl (C=O) groups excluding carboxylic acids is 7. The number of likely N-dealkylation sites (N-methyl/N-ethyl adjacent to an activating group) is 1. The highest BCUT2D eigenvalue weighted by atomic mass is 16.6. The van der Waals surface area contributed by atoms with Gasteiger partial charge in [0.25, 0.3) is 0 Å². The molecule has 0 radical (unpaired) electrons. The van der Waals surface area contributed by atoms with Gasteiger partial charge in [-0.25, -0.2) is 4.79 Å². The van der Waals surface area contributed by atoms with Crippen molar-refractivity contribution in [3.8, 4) is 0 Å². The van der Waals surface area contributed by atoms with Crippen molar-refractivity contribution in [2.75, 3.05) is 72.8 Å². The molecule has 2 rings (SSSR count). The van der Waals surface area contributed by atoms with Gasteiger partial charge in [-0.05, 0) is 32.7 Å². The second-order valence-electron chi connectivity index (χ2n) is 20.9. The maximum absolute atomic E-state index is 14.1. The van der Waals surface area contributed by atoms with E-state index in [0.717, 1.165) is 103 Å². The molecule has 422 valence electrons. The highest BCUT2D eigenvalue weighted by Gasteiger charge is 2.40. The Kier molecular flexibility index (Phi) is 37.8. The minimum Gasteiger partial charge on any atom is -0.465 e. The molecule has 0 saturated carbocycles. The zero-order chi connectivity index (χ0) is 53.3. The Balaban J connectivity index is 2.11. The topological polar surface area (TPSA) is 185 Å². The van der Waals surface area contributed by atoms with Crippen molar-refractivity contribution < 1.29 is 62.0 Å². The third kappa shape index (κ3) is 32.9. The highest BCUT2D eigenvalue weighted by molar-refractivity contribution is 5.76. The van der Waals surface area contributed by atoms with E-state index in [2.05, 4.69) is 32.6 Å². The van der Waals surface area contributed by atoms with Crippen LogP contribution in [0.15, 0.2) is 0 Å². The summed E-state index contributed by atoms with van der Waals surface area (Å²) in [5, 5.41) is 0. The first kappa shape index (κ1) is 65.2. The molecule has 2 saturated heterocycles. The van der Waals surface area contributed by atoms with E-state index in [-0.39, 0.29) is 114 Å². The van der Waals surface area contributed by atoms with Gasteiger partial charge in [0.2, 0.25) is 0 Å². The quantitative estimate of drug-likeness (QED) is 0.0319. The van der Waals surface area contributed by atoms with Crippen LogP contribution in [0.3, 0.4) is 0 Å². The molecular formula is C57H101N3O13. The summed E-state index contributed by atoms with van der Waals surface area (Å²) in [6.07, 6.45) is 24.8. The third-order valence-electron chi connectivity index (χ3n) is 13.9. The van der Waals surface area contributed by atoms with E-state index in [0.29, 0.717) is 51.9 Å². The van der Waals surface area contributed by atoms with Gasteiger partial charge < -0.3 is 43.1 Å². The fourth-order valence-electron chi connectivity index (χ4n) is 9.15. The molecule has 2 amide bonds. The lowest BCUT2D eigenvalue weighted by atomic mass is 10.1. The molecule has 0 spiro atoms. The van der Waals surface area contributed by atoms with Crippen LogP contribution >= 0.6 is 0 Å². The van der Waals surface area contributed by atoms with E-state index >= 15 is 0 Å². The van der Waals surface area contributed by atoms with Gasteiger partial charge in [-0.3, -0.25) is 28.8 Å². The van der Waals surface area contributed by atoms with Crippen LogP contribution in [-0.4, -0.2) is 141 Å². The molecule has 73 heavy (non-hydrogen) atoms. The Morgan fingerprint density at radius 1 is 0.425 bits per heavy atom. The first-order valence-electron chi connectivity index (χ1n) is 29.1. The molecule has 2 aliphatic rings. The molecule has 0 unspecified atom stereocenters. The number of esters is 6. The molecule has 0 bridgehead atoms. The monoisotopic (exact) mass is 1040 g/mol. The Morgan fingerprint density at radius 2 is 0.767 bits per heavy atom. The van der Waals surface area contributed by atoms with Crippen LogP contribution in [0.1, 0.15) is 227 Å². The molecule has 0 aromatic carbocycles. The van der Waals surface area contributed by atoms with Crippen LogP contribution in [0, 0.1) is 11.8 Å². The summed E-state index contributed by atoms with van der Waals surface area (Å²) >= 11 is 0. The smallest absolute Gasteiger partial charge is 0.320 e. The van der Waals surface area contributed by atoms with Gasteiger partial charge in [-0.15, -0.1) is 0 Å². The van der Waals surface area contributed by atoms with Crippen molar-refractivity contribution in [2.24, 2.45) is 11.8 Å². The Morgan fingerprint density at radius 3 is 1.14 bits per heavy atom. The predicted molar refractivity (Wildman–Crippen MR) is 282 cm³/mol. The maximum Gasteiger partial charge on any atom is 0.320 e. The summed E-state index contributed by atoms with van der Waals surface area (Å²) in [4.78, 5) is 97.7. The number of likely N-dealkylation sites (tertiary alicyclic amines) is 1. The molecule has 16 heteroatoms. The summed E-state index contributed by atoms with van der Waals surface area (Å²) in [5.74, 6) is -3.90. The largest absolute Gasteiger partial charge is 0.465 e. The molecule has 2 aliphatic heterocycles. The number of rotatable bonds is 43. The normalized spacial score (nSPS) is 15.9. The highest BCUT2D eigenvalue weighted by Crippen LogP contribution is 2.25. The Bertz CT molecular complexity index is 1460. The zero-order valence-electron chi connectivity index (χ0n) is 46.4. The van der Waals surface area contributed by atoms with Crippen molar-refractivity contribution in [3.63, 3.8) is 0 Å². The molecule has 0 N–H and O–H groups in total. The number of unbranched alkanes of at least 4 members (excludes halogenated alkanes) is 20. The summed E-state index contributed by atoms with van der Waals surface area (Å²) < 4.78 is 34.2. The van der Waals surface area contributed by atoms with Crippen LogP contribution < -0.4 is 0 Å². The lowest BCUT2D eigenvalue weighted by Crippen LogP contribution is -2.53. The van der Waals surface area contributed by atoms with E-state index < -0.39 is 35.9 Å². The number of amides is 2. The first-order valence-corrected chi connectivity index (χ1v) is 29.1. The summed E-state index contributed by atoms with van der Waals surface area (Å²) in [6, 6.07) is -0.855. The minimum absolute atomic E-state index is 0.0794. The van der Waals surface area contributed by atoms with E-state index in [1.165, 1.54) is 25.7 Å². The van der Waals surface area contributed by atoms with E-state index in [4.69, 9.17) is 28.4 Å². The molecular weight excluding hydrogens is 935 g/mol. The zero-order valence-corrected chi connectivity index (χ0v) is 46.4. The van der Waals surface area contributed by atoms with Gasteiger partial charge in [-0.1, -0.05) is 156 Å². The van der Waals surface area contributed by atoms with Crippen LogP contribution in [0.4, 0.5) is 4.79 Å². The average molecular weight is 1040 g/mol. The summed E-state index contributed by atoms with van der Waals surface area (Å²) in [6.45, 7) is 10.5. The molecule has 2 atom stereocenters. The standard InChI is InChI=1S/C57H101N3O13/c1-6-10-14-18-22-26-30-51(61)68-42-47(43-69-52(62)31-27-23-19-15-11-7-2)38-55(65)72-46-49-40-50(41-60(49)57(67)59-36-34-58(5)35-37-59)73-56(66)39-48(44-70-53(63)32-28-24-20-16-12-8-3)45-71-54(64)33-29-25-21-17-13-9-4/h47-50H,6-46H2,1-5H3/t49-,50+/m0/s1. The molecule has 16 nitrogen and oxygen atoms in total. The lowest BCUT2D eigenvalue weighted by Gasteiger charge is -2.36. The number of hydrogen-bond donors (Lipinski definition) is 0. The van der Waals surface area contributed by atoms with Gasteiger partial charge in [0.05, 0.1) is 51.9 Å². The Labute approximate surface area is 440 Å². The number of carbonyl (C=O) groups is 7. The predicted octanol–water partition coefficient (Wildman–Crippen LogP) is 11.1. The minimum atomic E-state index is -0.719. The second-order valence-corrected chi connectivity index (χ2v) is 20.9. The van der Waals surface area contributed by atoms with Crippen molar-refractivity contribution in [3.05, 3.63) is 0 Å². The van der Waals surface area contributed by atoms with Gasteiger partial charge >= 0.3 is 41.8 Å². The van der Waals surface area contributed by atoms with Gasteiger partial charge in [0.15, 0.2) is 0 Å². The number of hydrogen-bond acceptors (Lipinski definition) is 14. The first-order chi connectivity index (χ1) is 35.4.